The molecule has 3 heterocycles. The number of rotatable bonds is 71. The molecule has 138 heavy (non-hydrogen) atoms. The predicted octanol–water partition coefficient (Wildman–Crippen LogP) is 2.28. The highest BCUT2D eigenvalue weighted by molar-refractivity contribution is 8.00. The van der Waals surface area contributed by atoms with Crippen LogP contribution in [0.25, 0.3) is 10.9 Å². The highest BCUT2D eigenvalue weighted by Crippen LogP contribution is 2.29. The SMILES string of the molecule is CCC(CO)OC(CO)OC.CCC(CO)OC(COC(=O)CCCC(=O)NCCN1C(=O)CC(SCCOCCC(=O)NCCOCCOCC(=O)C[C@@H](CC(C)C)C(=O)N[C@H](C(=O)C[C@H](C(=O)N[C@@H](CO)C(=O)N2CCC[C@H]2C(=O)N[C@@H](Cc2c[nH]c3ccccc23)C(=O)C[C@@H](Cc2ccc(O)cc2)C(=O)O)C(C)C)[C@@H](C)O)C1=O)OC.CCC(CO)OC(COC(=O)CCCC(=O)O)OC. The highest BCUT2D eigenvalue weighted by atomic mass is 32.2. The van der Waals surface area contributed by atoms with E-state index in [4.69, 9.17) is 72.5 Å². The first-order chi connectivity index (χ1) is 65.9. The summed E-state index contributed by atoms with van der Waals surface area (Å²) in [5.41, 5.74) is 1.98. The molecular formula is C94H148N8O35S. The van der Waals surface area contributed by atoms with Gasteiger partial charge in [-0.3, -0.25) is 76.8 Å². The van der Waals surface area contributed by atoms with Gasteiger partial charge in [-0.1, -0.05) is 78.8 Å². The summed E-state index contributed by atoms with van der Waals surface area (Å²) >= 11 is 1.25. The molecule has 5 rings (SSSR count). The number of phenols is 1. The normalized spacial score (nSPS) is 16.5. The van der Waals surface area contributed by atoms with E-state index in [-0.39, 0.29) is 236 Å². The Balaban J connectivity index is 0.00000139. The molecule has 0 aliphatic carbocycles. The molecule has 1 aromatic heterocycles. The first-order valence-electron chi connectivity index (χ1n) is 46.8. The third-order valence-electron chi connectivity index (χ3n) is 22.3. The van der Waals surface area contributed by atoms with Crippen LogP contribution in [0.1, 0.15) is 176 Å². The van der Waals surface area contributed by atoms with Crippen molar-refractivity contribution in [3.63, 3.8) is 0 Å². The molecule has 44 heteroatoms. The zero-order valence-electron chi connectivity index (χ0n) is 81.1. The molecule has 2 saturated heterocycles. The number of likely N-dealkylation sites (tertiary alicyclic amines) is 2. The maximum absolute atomic E-state index is 14.3. The number of phenolic OH excluding ortho intramolecular Hbond substituents is 1. The second kappa shape index (κ2) is 69.3. The lowest BCUT2D eigenvalue weighted by Crippen LogP contribution is -2.57. The minimum absolute atomic E-state index is 0.00203. The largest absolute Gasteiger partial charge is 0.508 e. The number of para-hydroxylation sites is 1. The van der Waals surface area contributed by atoms with E-state index in [9.17, 15) is 97.5 Å². The van der Waals surface area contributed by atoms with Crippen LogP contribution in [-0.4, -0.2) is 361 Å². The molecule has 3 aromatic rings. The Hall–Kier alpha value is -9.62. The summed E-state index contributed by atoms with van der Waals surface area (Å²) in [5, 5.41) is 99.0. The molecule has 15 atom stereocenters. The second-order valence-corrected chi connectivity index (χ2v) is 35.1. The van der Waals surface area contributed by atoms with Gasteiger partial charge in [0.1, 0.15) is 43.7 Å². The Morgan fingerprint density at radius 3 is 1.72 bits per heavy atom. The third-order valence-corrected chi connectivity index (χ3v) is 23.5. The average molecular weight is 1980 g/mol. The zero-order valence-corrected chi connectivity index (χ0v) is 81.9. The number of benzene rings is 2. The van der Waals surface area contributed by atoms with Gasteiger partial charge < -0.3 is 135 Å². The van der Waals surface area contributed by atoms with Gasteiger partial charge in [-0.25, -0.2) is 0 Å². The van der Waals surface area contributed by atoms with Crippen LogP contribution in [-0.2, 0) is 137 Å². The van der Waals surface area contributed by atoms with Crippen molar-refractivity contribution in [3.8, 4) is 5.75 Å². The average Bonchev–Trinajstić information content (AvgIpc) is 1.65. The number of aromatic hydroxyl groups is 1. The van der Waals surface area contributed by atoms with E-state index in [2.05, 4.69) is 31.6 Å². The number of methoxy groups -OCH3 is 3. The van der Waals surface area contributed by atoms with E-state index in [1.54, 1.807) is 38.2 Å². The number of amides is 8. The molecule has 780 valence electrons. The van der Waals surface area contributed by atoms with Crippen molar-refractivity contribution in [2.24, 2.45) is 29.6 Å². The number of aliphatic hydroxyl groups is 6. The van der Waals surface area contributed by atoms with Crippen molar-refractivity contribution in [3.05, 3.63) is 65.9 Å². The molecule has 2 aliphatic rings. The summed E-state index contributed by atoms with van der Waals surface area (Å²) in [5.74, 6) is -13.0. The van der Waals surface area contributed by atoms with E-state index < -0.39 is 168 Å². The third kappa shape index (κ3) is 47.6. The van der Waals surface area contributed by atoms with Crippen LogP contribution in [0.3, 0.4) is 0 Å². The van der Waals surface area contributed by atoms with Gasteiger partial charge in [0, 0.05) is 146 Å². The monoisotopic (exact) mass is 1980 g/mol. The number of ether oxygens (including phenoxy) is 11. The molecule has 8 amide bonds. The number of nitrogens with one attached hydrogen (secondary N) is 6. The van der Waals surface area contributed by atoms with E-state index in [0.29, 0.717) is 42.6 Å². The Morgan fingerprint density at radius 1 is 0.587 bits per heavy atom. The molecule has 15 N–H and O–H groups in total. The number of ketones is 3. The number of Topliss-reactive ketones (excluding diaryl/α,β-unsaturated/α-hetero) is 3. The summed E-state index contributed by atoms with van der Waals surface area (Å²) in [6.45, 7) is 12.4. The van der Waals surface area contributed by atoms with E-state index in [0.717, 1.165) is 15.8 Å². The van der Waals surface area contributed by atoms with Crippen molar-refractivity contribution in [1.29, 1.82) is 0 Å². The lowest BCUT2D eigenvalue weighted by molar-refractivity contribution is -0.194. The molecule has 0 spiro atoms. The Kier molecular flexibility index (Phi) is 61.5. The zero-order chi connectivity index (χ0) is 103. The van der Waals surface area contributed by atoms with Crippen molar-refractivity contribution in [1.82, 2.24) is 41.4 Å². The predicted molar refractivity (Wildman–Crippen MR) is 499 cm³/mol. The van der Waals surface area contributed by atoms with Gasteiger partial charge in [-0.15, -0.1) is 11.8 Å². The molecule has 0 saturated carbocycles. The van der Waals surface area contributed by atoms with Gasteiger partial charge in [-0.05, 0) is 106 Å². The number of hydrogen-bond acceptors (Lipinski definition) is 34. The van der Waals surface area contributed by atoms with Crippen LogP contribution in [0.15, 0.2) is 54.7 Å². The molecule has 0 bridgehead atoms. The summed E-state index contributed by atoms with van der Waals surface area (Å²) in [6, 6.07) is 7.67. The highest BCUT2D eigenvalue weighted by Gasteiger charge is 2.43. The Labute approximate surface area is 809 Å². The van der Waals surface area contributed by atoms with Crippen LogP contribution in [0.4, 0.5) is 0 Å². The van der Waals surface area contributed by atoms with Crippen molar-refractivity contribution in [2.75, 3.05) is 139 Å². The summed E-state index contributed by atoms with van der Waals surface area (Å²) in [7, 11) is 4.24. The van der Waals surface area contributed by atoms with Crippen molar-refractivity contribution >= 4 is 111 Å². The standard InChI is InChI=1S/C75H110N8O24S.C12H22O7.C7H16O4/c1-8-54(41-84)107-68(102-7)44-106-67(94)17-11-16-64(91)76-23-26-83-66(93)39-63(74(83)99)108-32-31-103-27-22-65(92)77-24-28-104-29-30-105-43-53(88)35-49(33-45(2)3)70(95)81-69(47(6)86)62(90)38-56(46(4)5)71(96)80-59(42-85)73(98)82-25-12-15-60(82)72(97)79-58(36-51-40-78-57-14-10-9-13-55(51)57)61(89)37-50(75(100)101)34-48-18-20-52(87)21-19-48;1-3-9(7-13)19-12(17-2)8-18-11(16)6-4-5-10(14)15;1-3-6(4-8)11-7(5-9)10-2/h9-10,13-14,18-21,40,45-47,49-50,54,56,58-60,63,68-69,78,84-87H,8,11-12,15-17,22-39,41-44H2,1-7H3,(H,76,91)(H,77,92)(H,79,97)(H,80,96)(H,81,95)(H,100,101);9,12-13H,3-8H2,1-2H3,(H,14,15);6-9H,3-5H2,1-2H3/t47-,49-,50-,54?,56+,58+,59+,60+,63?,68?,69+;;/m1../s1. The smallest absolute Gasteiger partial charge is 0.307 e. The number of thioether (sulfide) groups is 1. The van der Waals surface area contributed by atoms with Gasteiger partial charge in [0.2, 0.25) is 47.3 Å². The number of aromatic amines is 1. The maximum Gasteiger partial charge on any atom is 0.307 e. The van der Waals surface area contributed by atoms with Gasteiger partial charge in [0.05, 0.1) is 108 Å². The number of aromatic nitrogens is 1. The summed E-state index contributed by atoms with van der Waals surface area (Å²) in [6.07, 6.45) is -1.38. The van der Waals surface area contributed by atoms with Crippen LogP contribution in [0.2, 0.25) is 0 Å². The number of aliphatic carboxylic acids is 2. The number of fused-ring (bicyclic) bond motifs is 1. The molecule has 0 radical (unpaired) electrons. The van der Waals surface area contributed by atoms with Crippen LogP contribution >= 0.6 is 11.8 Å². The van der Waals surface area contributed by atoms with Gasteiger partial charge in [0.15, 0.2) is 36.2 Å². The number of carboxylic acids is 2. The fraction of sp³-hybridized carbons (Fsp3) is 0.691. The molecule has 2 aliphatic heterocycles. The summed E-state index contributed by atoms with van der Waals surface area (Å²) < 4.78 is 57.5. The number of carbonyl (C=O) groups is 15. The Morgan fingerprint density at radius 2 is 1.17 bits per heavy atom. The maximum atomic E-state index is 14.3. The van der Waals surface area contributed by atoms with E-state index >= 15 is 0 Å². The number of imide groups is 1. The van der Waals surface area contributed by atoms with Crippen LogP contribution in [0, 0.1) is 29.6 Å². The number of hydrogen-bond donors (Lipinski definition) is 15. The quantitative estimate of drug-likeness (QED) is 0.0167. The summed E-state index contributed by atoms with van der Waals surface area (Å²) in [4.78, 5) is 200. The molecule has 43 nitrogen and oxygen atoms in total. The second-order valence-electron chi connectivity index (χ2n) is 33.8. The van der Waals surface area contributed by atoms with E-state index in [1.807, 2.05) is 52.8 Å². The van der Waals surface area contributed by atoms with Crippen LogP contribution in [0.5, 0.6) is 5.75 Å². The van der Waals surface area contributed by atoms with Crippen molar-refractivity contribution < 1.29 is 170 Å². The number of nitrogens with zero attached hydrogens (tertiary/aromatic N) is 2. The number of esters is 2. The minimum Gasteiger partial charge on any atom is -0.508 e. The minimum atomic E-state index is -1.60. The molecular weight excluding hydrogens is 1830 g/mol. The fourth-order valence-corrected chi connectivity index (χ4v) is 15.4. The number of carboxylic acid groups (broad SMARTS) is 2. The first kappa shape index (κ1) is 123. The fourth-order valence-electron chi connectivity index (χ4n) is 14.3. The van der Waals surface area contributed by atoms with Gasteiger partial charge >= 0.3 is 23.9 Å². The number of H-pyrrole nitrogens is 1. The topological polar surface area (TPSA) is 622 Å². The lowest BCUT2D eigenvalue weighted by Gasteiger charge is -2.31. The van der Waals surface area contributed by atoms with Crippen molar-refractivity contribution in [2.45, 2.75) is 250 Å². The van der Waals surface area contributed by atoms with E-state index in [1.165, 1.54) is 57.0 Å². The van der Waals surface area contributed by atoms with Gasteiger partial charge in [0.25, 0.3) is 0 Å². The molecule has 2 fully saturated rings. The first-order valence-corrected chi connectivity index (χ1v) is 47.8. The number of aliphatic hydroxyl groups excluding tert-OH is 6. The Bertz CT molecular complexity index is 4150. The molecule has 2 aromatic carbocycles. The number of carbonyl (C=O) groups excluding carboxylic acids is 13. The van der Waals surface area contributed by atoms with Crippen LogP contribution < -0.4 is 26.6 Å². The van der Waals surface area contributed by atoms with Gasteiger partial charge in [-0.2, -0.15) is 0 Å². The lowest BCUT2D eigenvalue weighted by atomic mass is 9.86. The molecule has 7 unspecified atom stereocenters.